The van der Waals surface area contributed by atoms with Crippen molar-refractivity contribution in [1.82, 2.24) is 4.98 Å². The predicted octanol–water partition coefficient (Wildman–Crippen LogP) is 6.10. The molecule has 0 spiro atoms. The molecular formula is C30H32N2O6S. The lowest BCUT2D eigenvalue weighted by Gasteiger charge is -2.24. The summed E-state index contributed by atoms with van der Waals surface area (Å²) in [5, 5.41) is 11.5. The van der Waals surface area contributed by atoms with E-state index >= 15 is 0 Å². The molecule has 2 aromatic carbocycles. The van der Waals surface area contributed by atoms with Crippen LogP contribution in [0, 0.1) is 12.8 Å². The maximum atomic E-state index is 13.5. The normalized spacial score (nSPS) is 16.7. The van der Waals surface area contributed by atoms with Crippen molar-refractivity contribution in [3.05, 3.63) is 75.8 Å². The zero-order valence-corrected chi connectivity index (χ0v) is 23.5. The number of aliphatic hydroxyl groups excluding tert-OH is 1. The first kappa shape index (κ1) is 28.0. The summed E-state index contributed by atoms with van der Waals surface area (Å²) in [5.41, 5.74) is 1.33. The lowest BCUT2D eigenvalue weighted by molar-refractivity contribution is -0.132. The highest BCUT2D eigenvalue weighted by Gasteiger charge is 2.48. The molecule has 9 heteroatoms. The van der Waals surface area contributed by atoms with Crippen LogP contribution in [-0.4, -0.2) is 40.8 Å². The highest BCUT2D eigenvalue weighted by Crippen LogP contribution is 2.45. The van der Waals surface area contributed by atoms with E-state index < -0.39 is 17.7 Å². The van der Waals surface area contributed by atoms with Crippen LogP contribution in [0.3, 0.4) is 0 Å². The molecule has 39 heavy (non-hydrogen) atoms. The summed E-state index contributed by atoms with van der Waals surface area (Å²) in [6.07, 6.45) is 0.867. The lowest BCUT2D eigenvalue weighted by Crippen LogP contribution is -2.29. The van der Waals surface area contributed by atoms with Crippen LogP contribution >= 0.6 is 11.3 Å². The van der Waals surface area contributed by atoms with Gasteiger partial charge in [0.1, 0.15) is 5.76 Å². The predicted molar refractivity (Wildman–Crippen MR) is 151 cm³/mol. The molecule has 2 heterocycles. The maximum absolute atomic E-state index is 13.5. The molecular weight excluding hydrogens is 516 g/mol. The Hall–Kier alpha value is -3.98. The number of nitrogens with zero attached hydrogens (tertiary/aromatic N) is 2. The van der Waals surface area contributed by atoms with Gasteiger partial charge in [-0.3, -0.25) is 19.3 Å². The van der Waals surface area contributed by atoms with Crippen molar-refractivity contribution < 1.29 is 29.0 Å². The van der Waals surface area contributed by atoms with E-state index in [1.165, 1.54) is 11.8 Å². The molecule has 1 unspecified atom stereocenters. The second-order valence-corrected chi connectivity index (χ2v) is 10.6. The zero-order valence-electron chi connectivity index (χ0n) is 22.7. The number of Topliss-reactive ketones (excluding diaryl/α,β-unsaturated/α-hetero) is 2. The van der Waals surface area contributed by atoms with Gasteiger partial charge in [0, 0.05) is 12.5 Å². The first-order chi connectivity index (χ1) is 18.6. The summed E-state index contributed by atoms with van der Waals surface area (Å²) in [4.78, 5) is 45.2. The second kappa shape index (κ2) is 11.8. The van der Waals surface area contributed by atoms with E-state index in [-0.39, 0.29) is 22.2 Å². The number of benzene rings is 2. The van der Waals surface area contributed by atoms with Crippen LogP contribution in [-0.2, 0) is 9.59 Å². The molecule has 204 valence electrons. The smallest absolute Gasteiger partial charge is 0.301 e. The number of amides is 1. The van der Waals surface area contributed by atoms with Gasteiger partial charge in [0.25, 0.3) is 5.78 Å². The average Bonchev–Trinajstić information content (AvgIpc) is 3.41. The molecule has 1 aliphatic heterocycles. The SMILES string of the molecule is CCOc1cc(C2C(=C(O)c3ccccc3)C(=O)C(=O)N2c2nc(C)c(C(C)=O)s2)ccc1OCCC(C)C. The minimum absolute atomic E-state index is 0.0700. The molecule has 4 rings (SSSR count). The monoisotopic (exact) mass is 548 g/mol. The summed E-state index contributed by atoms with van der Waals surface area (Å²) in [6.45, 7) is 10.1. The van der Waals surface area contributed by atoms with E-state index in [1.54, 1.807) is 55.5 Å². The highest BCUT2D eigenvalue weighted by molar-refractivity contribution is 7.18. The van der Waals surface area contributed by atoms with Crippen LogP contribution in [0.5, 0.6) is 11.5 Å². The fraction of sp³-hybridized carbons (Fsp3) is 0.333. The van der Waals surface area contributed by atoms with Crippen LogP contribution in [0.15, 0.2) is 54.1 Å². The largest absolute Gasteiger partial charge is 0.507 e. The van der Waals surface area contributed by atoms with Gasteiger partial charge in [0.15, 0.2) is 22.4 Å². The van der Waals surface area contributed by atoms with E-state index in [2.05, 4.69) is 18.8 Å². The number of aryl methyl sites for hydroxylation is 1. The van der Waals surface area contributed by atoms with E-state index in [9.17, 15) is 19.5 Å². The molecule has 0 saturated carbocycles. The summed E-state index contributed by atoms with van der Waals surface area (Å²) in [5.74, 6) is -0.675. The van der Waals surface area contributed by atoms with Crippen LogP contribution in [0.25, 0.3) is 5.76 Å². The number of ketones is 2. The van der Waals surface area contributed by atoms with E-state index in [0.717, 1.165) is 17.8 Å². The molecule has 1 amide bonds. The van der Waals surface area contributed by atoms with E-state index in [1.807, 2.05) is 6.92 Å². The van der Waals surface area contributed by atoms with Crippen LogP contribution < -0.4 is 14.4 Å². The topological polar surface area (TPSA) is 106 Å². The van der Waals surface area contributed by atoms with Gasteiger partial charge >= 0.3 is 5.91 Å². The minimum Gasteiger partial charge on any atom is -0.507 e. The number of anilines is 1. The van der Waals surface area contributed by atoms with Crippen molar-refractivity contribution >= 4 is 39.7 Å². The van der Waals surface area contributed by atoms with Gasteiger partial charge in [-0.1, -0.05) is 61.6 Å². The number of carbonyl (C=O) groups excluding carboxylic acids is 3. The van der Waals surface area contributed by atoms with Gasteiger partial charge in [-0.2, -0.15) is 0 Å². The summed E-state index contributed by atoms with van der Waals surface area (Å²) < 4.78 is 11.9. The van der Waals surface area contributed by atoms with Crippen molar-refractivity contribution in [2.45, 2.75) is 47.1 Å². The number of thiazole rings is 1. The number of ether oxygens (including phenoxy) is 2. The van der Waals surface area contributed by atoms with Gasteiger partial charge in [0.05, 0.1) is 35.4 Å². The number of carbonyl (C=O) groups is 3. The van der Waals surface area contributed by atoms with Crippen molar-refractivity contribution in [3.63, 3.8) is 0 Å². The molecule has 1 N–H and O–H groups in total. The van der Waals surface area contributed by atoms with Crippen LogP contribution in [0.1, 0.15) is 66.7 Å². The summed E-state index contributed by atoms with van der Waals surface area (Å²) in [6, 6.07) is 12.8. The lowest BCUT2D eigenvalue weighted by atomic mass is 9.95. The highest BCUT2D eigenvalue weighted by atomic mass is 32.1. The summed E-state index contributed by atoms with van der Waals surface area (Å²) in [7, 11) is 0. The number of hydrogen-bond donors (Lipinski definition) is 1. The zero-order chi connectivity index (χ0) is 28.3. The van der Waals surface area contributed by atoms with Gasteiger partial charge < -0.3 is 14.6 Å². The molecule has 1 aliphatic rings. The Kier molecular flexibility index (Phi) is 8.50. The molecule has 1 atom stereocenters. The number of aromatic nitrogens is 1. The van der Waals surface area contributed by atoms with Crippen molar-refractivity contribution in [3.8, 4) is 11.5 Å². The molecule has 0 bridgehead atoms. The molecule has 3 aromatic rings. The quantitative estimate of drug-likeness (QED) is 0.141. The molecule has 1 aromatic heterocycles. The maximum Gasteiger partial charge on any atom is 0.301 e. The third-order valence-electron chi connectivity index (χ3n) is 6.34. The second-order valence-electron chi connectivity index (χ2n) is 9.67. The molecule has 0 aliphatic carbocycles. The summed E-state index contributed by atoms with van der Waals surface area (Å²) >= 11 is 1.04. The fourth-order valence-electron chi connectivity index (χ4n) is 4.40. The Bertz CT molecular complexity index is 1430. The molecule has 1 fully saturated rings. The van der Waals surface area contributed by atoms with Gasteiger partial charge in [-0.05, 0) is 43.9 Å². The van der Waals surface area contributed by atoms with Crippen molar-refractivity contribution in [2.24, 2.45) is 5.92 Å². The third kappa shape index (κ3) is 5.73. The van der Waals surface area contributed by atoms with Gasteiger partial charge in [-0.25, -0.2) is 4.98 Å². The minimum atomic E-state index is -1.00. The Morgan fingerprint density at radius 1 is 1.10 bits per heavy atom. The first-order valence-electron chi connectivity index (χ1n) is 12.9. The van der Waals surface area contributed by atoms with Crippen molar-refractivity contribution in [2.75, 3.05) is 18.1 Å². The van der Waals surface area contributed by atoms with E-state index in [4.69, 9.17) is 9.47 Å². The molecule has 1 saturated heterocycles. The van der Waals surface area contributed by atoms with E-state index in [0.29, 0.717) is 52.3 Å². The molecule has 8 nitrogen and oxygen atoms in total. The van der Waals surface area contributed by atoms with Crippen molar-refractivity contribution in [1.29, 1.82) is 0 Å². The third-order valence-corrected chi connectivity index (χ3v) is 7.60. The van der Waals surface area contributed by atoms with Crippen LogP contribution in [0.2, 0.25) is 0 Å². The van der Waals surface area contributed by atoms with Gasteiger partial charge in [-0.15, -0.1) is 0 Å². The Morgan fingerprint density at radius 2 is 1.82 bits per heavy atom. The van der Waals surface area contributed by atoms with Crippen LogP contribution in [0.4, 0.5) is 5.13 Å². The first-order valence-corrected chi connectivity index (χ1v) is 13.7. The molecule has 0 radical (unpaired) electrons. The Morgan fingerprint density at radius 3 is 2.44 bits per heavy atom. The number of rotatable bonds is 10. The number of hydrogen-bond acceptors (Lipinski definition) is 8. The number of aliphatic hydroxyl groups is 1. The Balaban J connectivity index is 1.89. The Labute approximate surface area is 231 Å². The average molecular weight is 549 g/mol. The standard InChI is InChI=1S/C30H32N2O6S/c1-6-37-23-16-21(12-13-22(23)38-15-14-17(2)3)25-24(26(34)20-10-8-7-9-11-20)27(35)29(36)32(25)30-31-18(4)28(39-30)19(5)33/h7-13,16-17,25,34H,6,14-15H2,1-5H3. The van der Waals surface area contributed by atoms with Gasteiger partial charge in [0.2, 0.25) is 0 Å². The fourth-order valence-corrected chi connectivity index (χ4v) is 5.38.